The van der Waals surface area contributed by atoms with Gasteiger partial charge >= 0.3 is 0 Å². The van der Waals surface area contributed by atoms with Crippen molar-refractivity contribution in [1.29, 1.82) is 0 Å². The van der Waals surface area contributed by atoms with Crippen molar-refractivity contribution in [2.45, 2.75) is 0 Å². The summed E-state index contributed by atoms with van der Waals surface area (Å²) in [7, 11) is 0. The fourth-order valence-corrected chi connectivity index (χ4v) is 6.94. The molecule has 0 bridgehead atoms. The Kier molecular flexibility index (Phi) is 8.27. The Morgan fingerprint density at radius 2 is 0.943 bits per heavy atom. The van der Waals surface area contributed by atoms with E-state index in [2.05, 4.69) is 150 Å². The first-order chi connectivity index (χ1) is 26.2. The molecule has 0 fully saturated rings. The van der Waals surface area contributed by atoms with E-state index in [1.54, 1.807) is 6.20 Å². The van der Waals surface area contributed by atoms with E-state index in [0.717, 1.165) is 49.5 Å². The van der Waals surface area contributed by atoms with Crippen molar-refractivity contribution in [1.82, 2.24) is 19.5 Å². The summed E-state index contributed by atoms with van der Waals surface area (Å²) >= 11 is 0. The van der Waals surface area contributed by atoms with Crippen LogP contribution in [0.1, 0.15) is 5.56 Å². The zero-order chi connectivity index (χ0) is 35.6. The van der Waals surface area contributed by atoms with Crippen molar-refractivity contribution < 1.29 is 0 Å². The standard InChI is InChI=1S/C48H33N5/c1-49-32-40-15-9-8-14-38(40)30-33-20-22-36(23-21-33)47-50-46(35-12-4-2-5-13-35)51-48(52-47)37-26-24-34(25-27-37)39-28-29-45-43(31-39)42-18-10-11-19-44(42)53(45)41-16-6-3-7-17-41/h2-32H,1H2/b38-30+,40-32-. The fraction of sp³-hybridized carbons (Fsp3) is 0. The average Bonchev–Trinajstić information content (AvgIpc) is 3.56. The SMILES string of the molecule is C=N/C=c1/cccc/c1=C\c1ccc(-c2nc(-c3ccccc3)nc(-c3ccc(-c4ccc5c(c4)c4ccccc4n5-c4ccccc4)cc3)n2)cc1. The monoisotopic (exact) mass is 679 g/mol. The number of fused-ring (bicyclic) bond motifs is 3. The first-order valence-corrected chi connectivity index (χ1v) is 17.6. The Hall–Kier alpha value is -7.24. The van der Waals surface area contributed by atoms with Crippen LogP contribution in [-0.4, -0.2) is 26.2 Å². The van der Waals surface area contributed by atoms with Gasteiger partial charge in [-0.3, -0.25) is 4.99 Å². The first kappa shape index (κ1) is 31.7. The second-order valence-electron chi connectivity index (χ2n) is 12.9. The van der Waals surface area contributed by atoms with Crippen LogP contribution in [0.25, 0.3) is 85.1 Å². The second-order valence-corrected chi connectivity index (χ2v) is 12.9. The van der Waals surface area contributed by atoms with Gasteiger partial charge in [-0.1, -0.05) is 146 Å². The van der Waals surface area contributed by atoms with Crippen molar-refractivity contribution in [3.8, 4) is 51.0 Å². The van der Waals surface area contributed by atoms with Crippen LogP contribution in [0.5, 0.6) is 0 Å². The normalized spacial score (nSPS) is 12.1. The Bertz CT molecular complexity index is 2880. The molecule has 0 spiro atoms. The smallest absolute Gasteiger partial charge is 0.164 e. The number of benzene rings is 7. The largest absolute Gasteiger partial charge is 0.309 e. The molecule has 0 aliphatic rings. The maximum absolute atomic E-state index is 5.00. The van der Waals surface area contributed by atoms with Crippen molar-refractivity contribution >= 4 is 40.8 Å². The molecule has 0 N–H and O–H groups in total. The summed E-state index contributed by atoms with van der Waals surface area (Å²) in [5.41, 5.74) is 9.64. The number of hydrogen-bond donors (Lipinski definition) is 0. The topological polar surface area (TPSA) is 56.0 Å². The molecule has 53 heavy (non-hydrogen) atoms. The maximum Gasteiger partial charge on any atom is 0.164 e. The van der Waals surface area contributed by atoms with E-state index < -0.39 is 0 Å². The summed E-state index contributed by atoms with van der Waals surface area (Å²) in [6.45, 7) is 3.61. The minimum absolute atomic E-state index is 0.620. The lowest BCUT2D eigenvalue weighted by atomic mass is 10.0. The van der Waals surface area contributed by atoms with E-state index in [4.69, 9.17) is 15.0 Å². The minimum Gasteiger partial charge on any atom is -0.309 e. The molecule has 0 saturated heterocycles. The molecule has 9 rings (SSSR count). The molecule has 0 radical (unpaired) electrons. The number of nitrogens with zero attached hydrogens (tertiary/aromatic N) is 5. The molecule has 7 aromatic carbocycles. The van der Waals surface area contributed by atoms with Gasteiger partial charge in [0.1, 0.15) is 0 Å². The molecule has 0 unspecified atom stereocenters. The lowest BCUT2D eigenvalue weighted by Gasteiger charge is -2.10. The van der Waals surface area contributed by atoms with Gasteiger partial charge in [-0.2, -0.15) is 0 Å². The third-order valence-corrected chi connectivity index (χ3v) is 9.55. The van der Waals surface area contributed by atoms with Crippen molar-refractivity contribution in [3.63, 3.8) is 0 Å². The highest BCUT2D eigenvalue weighted by molar-refractivity contribution is 6.10. The van der Waals surface area contributed by atoms with E-state index >= 15 is 0 Å². The first-order valence-electron chi connectivity index (χ1n) is 17.6. The summed E-state index contributed by atoms with van der Waals surface area (Å²) in [6.07, 6.45) is 3.91. The molecule has 0 aliphatic carbocycles. The molecule has 5 nitrogen and oxygen atoms in total. The molecule has 0 amide bonds. The fourth-order valence-electron chi connectivity index (χ4n) is 6.94. The molecule has 5 heteroatoms. The summed E-state index contributed by atoms with van der Waals surface area (Å²) in [4.78, 5) is 18.9. The zero-order valence-corrected chi connectivity index (χ0v) is 28.8. The molecule has 250 valence electrons. The molecule has 2 aromatic heterocycles. The van der Waals surface area contributed by atoms with E-state index in [0.29, 0.717) is 17.5 Å². The van der Waals surface area contributed by atoms with Gasteiger partial charge in [0.25, 0.3) is 0 Å². The summed E-state index contributed by atoms with van der Waals surface area (Å²) < 4.78 is 2.34. The quantitative estimate of drug-likeness (QED) is 0.158. The van der Waals surface area contributed by atoms with Gasteiger partial charge in [0.05, 0.1) is 11.0 Å². The number of hydrogen-bond acceptors (Lipinski definition) is 4. The summed E-state index contributed by atoms with van der Waals surface area (Å²) in [5, 5.41) is 4.54. The van der Waals surface area contributed by atoms with E-state index in [9.17, 15) is 0 Å². The lowest BCUT2D eigenvalue weighted by molar-refractivity contribution is 1.07. The van der Waals surface area contributed by atoms with Gasteiger partial charge in [0.2, 0.25) is 0 Å². The van der Waals surface area contributed by atoms with Crippen molar-refractivity contribution in [2.24, 2.45) is 4.99 Å². The van der Waals surface area contributed by atoms with Crippen LogP contribution >= 0.6 is 0 Å². The highest BCUT2D eigenvalue weighted by Crippen LogP contribution is 2.35. The molecule has 0 atom stereocenters. The summed E-state index contributed by atoms with van der Waals surface area (Å²) in [6, 6.07) is 60.9. The van der Waals surface area contributed by atoms with Gasteiger partial charge in [0, 0.05) is 39.4 Å². The summed E-state index contributed by atoms with van der Waals surface area (Å²) in [5.74, 6) is 1.88. The Morgan fingerprint density at radius 3 is 1.62 bits per heavy atom. The van der Waals surface area contributed by atoms with Gasteiger partial charge in [-0.25, -0.2) is 15.0 Å². The second kappa shape index (κ2) is 13.8. The molecular weight excluding hydrogens is 647 g/mol. The molecule has 0 aliphatic heterocycles. The highest BCUT2D eigenvalue weighted by Gasteiger charge is 2.15. The molecule has 2 heterocycles. The van der Waals surface area contributed by atoms with E-state index in [-0.39, 0.29) is 0 Å². The maximum atomic E-state index is 5.00. The van der Waals surface area contributed by atoms with Crippen LogP contribution in [0.2, 0.25) is 0 Å². The third-order valence-electron chi connectivity index (χ3n) is 9.55. The molecule has 0 saturated carbocycles. The van der Waals surface area contributed by atoms with Crippen LogP contribution in [0, 0.1) is 0 Å². The number of para-hydroxylation sites is 2. The van der Waals surface area contributed by atoms with Crippen LogP contribution < -0.4 is 10.4 Å². The Labute approximate surface area is 307 Å². The predicted octanol–water partition coefficient (Wildman–Crippen LogP) is 9.90. The van der Waals surface area contributed by atoms with Crippen molar-refractivity contribution in [3.05, 3.63) is 192 Å². The van der Waals surface area contributed by atoms with Gasteiger partial charge in [-0.05, 0) is 70.3 Å². The zero-order valence-electron chi connectivity index (χ0n) is 28.8. The Morgan fingerprint density at radius 1 is 0.434 bits per heavy atom. The van der Waals surface area contributed by atoms with Crippen LogP contribution in [-0.2, 0) is 0 Å². The van der Waals surface area contributed by atoms with E-state index in [1.807, 2.05) is 48.5 Å². The van der Waals surface area contributed by atoms with Crippen LogP contribution in [0.15, 0.2) is 181 Å². The van der Waals surface area contributed by atoms with Gasteiger partial charge < -0.3 is 4.57 Å². The molecular formula is C48H33N5. The third kappa shape index (κ3) is 6.21. The number of rotatable bonds is 7. The highest BCUT2D eigenvalue weighted by atomic mass is 15.0. The van der Waals surface area contributed by atoms with Crippen LogP contribution in [0.3, 0.4) is 0 Å². The predicted molar refractivity (Wildman–Crippen MR) is 219 cm³/mol. The Balaban J connectivity index is 1.08. The molecule has 9 aromatic rings. The van der Waals surface area contributed by atoms with Gasteiger partial charge in [0.15, 0.2) is 17.5 Å². The van der Waals surface area contributed by atoms with E-state index in [1.165, 1.54) is 21.8 Å². The number of aliphatic imine (C=N–C) groups is 1. The van der Waals surface area contributed by atoms with Gasteiger partial charge in [-0.15, -0.1) is 0 Å². The van der Waals surface area contributed by atoms with Crippen molar-refractivity contribution in [2.75, 3.05) is 0 Å². The van der Waals surface area contributed by atoms with Crippen LogP contribution in [0.4, 0.5) is 0 Å². The lowest BCUT2D eigenvalue weighted by Crippen LogP contribution is -2.23. The minimum atomic E-state index is 0.620. The number of aromatic nitrogens is 4. The average molecular weight is 680 g/mol.